The van der Waals surface area contributed by atoms with Gasteiger partial charge in [-0.05, 0) is 18.2 Å². The Morgan fingerprint density at radius 3 is 2.72 bits per heavy atom. The molecule has 0 saturated carbocycles. The van der Waals surface area contributed by atoms with Crippen molar-refractivity contribution in [2.24, 2.45) is 0 Å². The fourth-order valence-electron chi connectivity index (χ4n) is 1.16. The van der Waals surface area contributed by atoms with Crippen molar-refractivity contribution in [3.8, 4) is 0 Å². The summed E-state index contributed by atoms with van der Waals surface area (Å²) >= 11 is 1.78. The molecule has 0 spiro atoms. The zero-order valence-electron chi connectivity index (χ0n) is 9.38. The molecule has 1 unspecified atom stereocenters. The first-order chi connectivity index (χ1) is 8.45. The van der Waals surface area contributed by atoms with Crippen LogP contribution in [0.3, 0.4) is 0 Å². The Kier molecular flexibility index (Phi) is 5.45. The quantitative estimate of drug-likeness (QED) is 0.499. The van der Waals surface area contributed by atoms with E-state index in [0.717, 1.165) is 18.2 Å². The van der Waals surface area contributed by atoms with Gasteiger partial charge in [-0.2, -0.15) is 0 Å². The van der Waals surface area contributed by atoms with E-state index >= 15 is 0 Å². The highest BCUT2D eigenvalue weighted by Crippen LogP contribution is 2.10. The highest BCUT2D eigenvalue weighted by Gasteiger charge is 2.18. The number of rotatable bonds is 4. The number of hydrogen-bond donors (Lipinski definition) is 1. The van der Waals surface area contributed by atoms with E-state index in [0.29, 0.717) is 0 Å². The molecule has 0 radical (unpaired) electrons. The van der Waals surface area contributed by atoms with Crippen LogP contribution in [-0.4, -0.2) is 29.5 Å². The largest absolute Gasteiger partial charge is 0.468 e. The van der Waals surface area contributed by atoms with E-state index in [1.54, 1.807) is 22.6 Å². The number of nitrogens with one attached hydrogen (secondary N) is 1. The van der Waals surface area contributed by atoms with Crippen LogP contribution in [0, 0.1) is 11.6 Å². The molecule has 0 aliphatic carbocycles. The van der Waals surface area contributed by atoms with Gasteiger partial charge in [-0.1, -0.05) is 22.6 Å². The number of carbonyl (C=O) groups excluding carboxylic acids is 2. The molecule has 0 bridgehead atoms. The SMILES string of the molecule is COC(=O)C(I)CNC(=O)c1cc(F)ccc1F. The van der Waals surface area contributed by atoms with Gasteiger partial charge in [0.25, 0.3) is 5.91 Å². The molecule has 0 fully saturated rings. The summed E-state index contributed by atoms with van der Waals surface area (Å²) in [7, 11) is 1.22. The molecule has 7 heteroatoms. The summed E-state index contributed by atoms with van der Waals surface area (Å²) in [6, 6.07) is 2.58. The van der Waals surface area contributed by atoms with E-state index in [1.165, 1.54) is 7.11 Å². The summed E-state index contributed by atoms with van der Waals surface area (Å²) in [5.74, 6) is -2.81. The molecule has 0 saturated heterocycles. The van der Waals surface area contributed by atoms with Crippen LogP contribution in [0.4, 0.5) is 8.78 Å². The number of amides is 1. The van der Waals surface area contributed by atoms with E-state index in [1.807, 2.05) is 0 Å². The third-order valence-corrected chi connectivity index (χ3v) is 3.02. The van der Waals surface area contributed by atoms with Crippen LogP contribution in [0.1, 0.15) is 10.4 Å². The lowest BCUT2D eigenvalue weighted by Crippen LogP contribution is -2.34. The highest BCUT2D eigenvalue weighted by molar-refractivity contribution is 14.1. The molecule has 1 rings (SSSR count). The minimum absolute atomic E-state index is 0.0258. The first-order valence-electron chi connectivity index (χ1n) is 4.91. The summed E-state index contributed by atoms with van der Waals surface area (Å²) in [5.41, 5.74) is -0.400. The van der Waals surface area contributed by atoms with Gasteiger partial charge >= 0.3 is 5.97 Å². The Morgan fingerprint density at radius 1 is 1.44 bits per heavy atom. The number of hydrogen-bond acceptors (Lipinski definition) is 3. The van der Waals surface area contributed by atoms with Gasteiger partial charge < -0.3 is 10.1 Å². The van der Waals surface area contributed by atoms with Gasteiger partial charge in [0.1, 0.15) is 15.6 Å². The van der Waals surface area contributed by atoms with Crippen molar-refractivity contribution >= 4 is 34.5 Å². The third kappa shape index (κ3) is 3.90. The molecule has 0 heterocycles. The lowest BCUT2D eigenvalue weighted by molar-refractivity contribution is -0.139. The molecular formula is C11H10F2INO3. The van der Waals surface area contributed by atoms with Gasteiger partial charge in [-0.3, -0.25) is 9.59 Å². The van der Waals surface area contributed by atoms with Crippen molar-refractivity contribution in [2.75, 3.05) is 13.7 Å². The van der Waals surface area contributed by atoms with Gasteiger partial charge in [-0.25, -0.2) is 8.78 Å². The summed E-state index contributed by atoms with van der Waals surface area (Å²) in [4.78, 5) is 22.6. The molecule has 1 aromatic rings. The first-order valence-corrected chi connectivity index (χ1v) is 6.15. The number of methoxy groups -OCH3 is 1. The minimum Gasteiger partial charge on any atom is -0.468 e. The van der Waals surface area contributed by atoms with Gasteiger partial charge in [0.15, 0.2) is 0 Å². The van der Waals surface area contributed by atoms with E-state index in [9.17, 15) is 18.4 Å². The van der Waals surface area contributed by atoms with Gasteiger partial charge in [0, 0.05) is 6.54 Å². The van der Waals surface area contributed by atoms with Crippen LogP contribution in [0.2, 0.25) is 0 Å². The van der Waals surface area contributed by atoms with Crippen molar-refractivity contribution in [3.05, 3.63) is 35.4 Å². The van der Waals surface area contributed by atoms with Gasteiger partial charge in [-0.15, -0.1) is 0 Å². The number of esters is 1. The van der Waals surface area contributed by atoms with Crippen LogP contribution in [0.15, 0.2) is 18.2 Å². The number of benzene rings is 1. The Bertz CT molecular complexity index is 468. The van der Waals surface area contributed by atoms with E-state index in [4.69, 9.17) is 0 Å². The van der Waals surface area contributed by atoms with Crippen LogP contribution in [0.25, 0.3) is 0 Å². The molecule has 1 amide bonds. The molecule has 1 aromatic carbocycles. The molecular weight excluding hydrogens is 359 g/mol. The van der Waals surface area contributed by atoms with Gasteiger partial charge in [0.05, 0.1) is 12.7 Å². The molecule has 4 nitrogen and oxygen atoms in total. The molecule has 18 heavy (non-hydrogen) atoms. The standard InChI is InChI=1S/C11H10F2INO3/c1-18-11(17)9(14)5-15-10(16)7-4-6(12)2-3-8(7)13/h2-4,9H,5H2,1H3,(H,15,16). The number of ether oxygens (including phenoxy) is 1. The van der Waals surface area contributed by atoms with Crippen molar-refractivity contribution in [1.29, 1.82) is 0 Å². The molecule has 0 aliphatic rings. The van der Waals surface area contributed by atoms with Crippen LogP contribution in [-0.2, 0) is 9.53 Å². The second-order valence-corrected chi connectivity index (χ2v) is 4.83. The lowest BCUT2D eigenvalue weighted by Gasteiger charge is -2.09. The van der Waals surface area contributed by atoms with Crippen LogP contribution in [0.5, 0.6) is 0 Å². The van der Waals surface area contributed by atoms with Gasteiger partial charge in [0.2, 0.25) is 0 Å². The molecule has 1 atom stereocenters. The maximum absolute atomic E-state index is 13.2. The van der Waals surface area contributed by atoms with Crippen LogP contribution < -0.4 is 5.32 Å². The predicted octanol–water partition coefficient (Wildman–Crippen LogP) is 1.67. The second kappa shape index (κ2) is 6.62. The maximum Gasteiger partial charge on any atom is 0.320 e. The highest BCUT2D eigenvalue weighted by atomic mass is 127. The van der Waals surface area contributed by atoms with Crippen molar-refractivity contribution in [1.82, 2.24) is 5.32 Å². The number of halogens is 3. The van der Waals surface area contributed by atoms with E-state index in [-0.39, 0.29) is 6.54 Å². The first kappa shape index (κ1) is 14.8. The monoisotopic (exact) mass is 369 g/mol. The fourth-order valence-corrected chi connectivity index (χ4v) is 1.63. The zero-order valence-corrected chi connectivity index (χ0v) is 11.5. The Morgan fingerprint density at radius 2 is 2.11 bits per heavy atom. The van der Waals surface area contributed by atoms with Crippen molar-refractivity contribution in [3.63, 3.8) is 0 Å². The number of alkyl halides is 1. The summed E-state index contributed by atoms with van der Waals surface area (Å²) in [6.07, 6.45) is 0. The maximum atomic E-state index is 13.2. The van der Waals surface area contributed by atoms with Crippen LogP contribution >= 0.6 is 22.6 Å². The topological polar surface area (TPSA) is 55.4 Å². The lowest BCUT2D eigenvalue weighted by atomic mass is 10.2. The van der Waals surface area contributed by atoms with Crippen molar-refractivity contribution < 1.29 is 23.1 Å². The van der Waals surface area contributed by atoms with Crippen molar-refractivity contribution in [2.45, 2.75) is 3.92 Å². The predicted molar refractivity (Wildman–Crippen MR) is 68.5 cm³/mol. The smallest absolute Gasteiger partial charge is 0.320 e. The number of carbonyl (C=O) groups is 2. The molecule has 0 aliphatic heterocycles. The Labute approximate surface area is 116 Å². The Hall–Kier alpha value is -1.25. The Balaban J connectivity index is 2.66. The molecule has 0 aromatic heterocycles. The molecule has 98 valence electrons. The average Bonchev–Trinajstić information content (AvgIpc) is 2.37. The van der Waals surface area contributed by atoms with E-state index < -0.39 is 33.0 Å². The normalized spacial score (nSPS) is 11.8. The summed E-state index contributed by atoms with van der Waals surface area (Å²) in [5, 5.41) is 2.33. The van der Waals surface area contributed by atoms with E-state index in [2.05, 4.69) is 10.1 Å². The summed E-state index contributed by atoms with van der Waals surface area (Å²) in [6.45, 7) is -0.0258. The summed E-state index contributed by atoms with van der Waals surface area (Å²) < 4.78 is 30.0. The molecule has 1 N–H and O–H groups in total. The minimum atomic E-state index is -0.822. The second-order valence-electron chi connectivity index (χ2n) is 3.32. The fraction of sp³-hybridized carbons (Fsp3) is 0.273. The zero-order chi connectivity index (χ0) is 13.7. The third-order valence-electron chi connectivity index (χ3n) is 2.07. The average molecular weight is 369 g/mol.